The molecule has 0 unspecified atom stereocenters. The largest absolute Gasteiger partial charge is 1.00 e. The second kappa shape index (κ2) is 3.40. The number of quaternary nitrogens is 1. The summed E-state index contributed by atoms with van der Waals surface area (Å²) < 4.78 is 0. The Labute approximate surface area is 83.7 Å². The fraction of sp³-hybridized carbons (Fsp3) is 0.250. The van der Waals surface area contributed by atoms with Crippen molar-refractivity contribution >= 4 is 0 Å². The number of allylic oxidation sites excluding steroid dienone is 1. The molecule has 3 heteroatoms. The summed E-state index contributed by atoms with van der Waals surface area (Å²) in [4.78, 5) is 2.08. The Morgan fingerprint density at radius 1 is 1.55 bits per heavy atom. The van der Waals surface area contributed by atoms with E-state index >= 15 is 0 Å². The fourth-order valence-electron chi connectivity index (χ4n) is 1.30. The minimum atomic E-state index is 0. The van der Waals surface area contributed by atoms with Gasteiger partial charge in [-0.15, -0.1) is 0 Å². The predicted octanol–water partition coefficient (Wildman–Crippen LogP) is -3.21. The topological polar surface area (TPSA) is 19.9 Å². The zero-order chi connectivity index (χ0) is 6.97. The number of nitrogens with zero attached hydrogens (tertiary/aromatic N) is 1. The second-order valence-corrected chi connectivity index (χ2v) is 2.66. The summed E-state index contributed by atoms with van der Waals surface area (Å²) >= 11 is 0. The van der Waals surface area contributed by atoms with Crippen LogP contribution in [0.4, 0.5) is 0 Å². The first-order valence-electron chi connectivity index (χ1n) is 3.52. The van der Waals surface area contributed by atoms with Gasteiger partial charge in [-0.1, -0.05) is 0 Å². The van der Waals surface area contributed by atoms with Gasteiger partial charge >= 0.3 is 0 Å². The Bertz CT molecular complexity index is 240. The highest BCUT2D eigenvalue weighted by Gasteiger charge is 2.15. The van der Waals surface area contributed by atoms with E-state index in [1.54, 1.807) is 0 Å². The zero-order valence-corrected chi connectivity index (χ0v) is 8.58. The third-order valence-corrected chi connectivity index (χ3v) is 1.84. The average Bonchev–Trinajstić information content (AvgIpc) is 2.33. The van der Waals surface area contributed by atoms with E-state index in [1.165, 1.54) is 11.3 Å². The lowest BCUT2D eigenvalue weighted by Crippen LogP contribution is -3.00. The smallest absolute Gasteiger partial charge is 0.153 e. The van der Waals surface area contributed by atoms with E-state index in [9.17, 15) is 0 Å². The van der Waals surface area contributed by atoms with Gasteiger partial charge in [0.25, 0.3) is 0 Å². The van der Waals surface area contributed by atoms with E-state index in [1.807, 2.05) is 7.05 Å². The van der Waals surface area contributed by atoms with Crippen molar-refractivity contribution in [3.05, 3.63) is 35.8 Å². The van der Waals surface area contributed by atoms with E-state index in [-0.39, 0.29) is 24.0 Å². The molecule has 0 amide bonds. The molecule has 11 heavy (non-hydrogen) atoms. The molecule has 0 atom stereocenters. The van der Waals surface area contributed by atoms with Crippen molar-refractivity contribution in [1.29, 1.82) is 0 Å². The quantitative estimate of drug-likeness (QED) is 0.456. The molecule has 2 heterocycles. The predicted molar refractivity (Wildman–Crippen MR) is 39.9 cm³/mol. The van der Waals surface area contributed by atoms with E-state index in [4.69, 9.17) is 0 Å². The van der Waals surface area contributed by atoms with Gasteiger partial charge in [0.1, 0.15) is 6.54 Å². The third-order valence-electron chi connectivity index (χ3n) is 1.84. The molecule has 2 nitrogen and oxygen atoms in total. The highest BCUT2D eigenvalue weighted by Crippen LogP contribution is 2.13. The van der Waals surface area contributed by atoms with Crippen molar-refractivity contribution in [2.75, 3.05) is 13.6 Å². The summed E-state index contributed by atoms with van der Waals surface area (Å²) in [6, 6.07) is 0. The third kappa shape index (κ3) is 1.65. The van der Waals surface area contributed by atoms with Crippen molar-refractivity contribution < 1.29 is 29.3 Å². The van der Waals surface area contributed by atoms with Crippen LogP contribution in [0.5, 0.6) is 0 Å². The second-order valence-electron chi connectivity index (χ2n) is 2.66. The number of halogens is 1. The Balaban J connectivity index is 0.000000605. The van der Waals surface area contributed by atoms with Crippen LogP contribution in [-0.2, 0) is 0 Å². The first kappa shape index (κ1) is 8.80. The van der Waals surface area contributed by atoms with Crippen LogP contribution in [0.25, 0.3) is 0 Å². The highest BCUT2D eigenvalue weighted by molar-refractivity contribution is 5.39. The maximum atomic E-state index is 2.25. The molecule has 0 aromatic carbocycles. The van der Waals surface area contributed by atoms with E-state index in [2.05, 4.69) is 34.8 Å². The number of fused-ring (bicyclic) bond motifs is 1. The van der Waals surface area contributed by atoms with Crippen molar-refractivity contribution in [1.82, 2.24) is 4.90 Å². The van der Waals surface area contributed by atoms with Crippen LogP contribution in [-0.4, -0.2) is 18.5 Å². The van der Waals surface area contributed by atoms with Crippen molar-refractivity contribution in [2.24, 2.45) is 0 Å². The SMILES string of the molecule is CN1C=CC2=CC[NH2+]C2=C1.[I-]. The van der Waals surface area contributed by atoms with Gasteiger partial charge in [-0.3, -0.25) is 0 Å². The lowest BCUT2D eigenvalue weighted by Gasteiger charge is -2.12. The average molecular weight is 262 g/mol. The molecule has 0 aliphatic carbocycles. The molecule has 0 spiro atoms. The maximum Gasteiger partial charge on any atom is 0.153 e. The Hall–Kier alpha value is -0.290. The number of rotatable bonds is 0. The van der Waals surface area contributed by atoms with Crippen LogP contribution in [0.3, 0.4) is 0 Å². The summed E-state index contributed by atoms with van der Waals surface area (Å²) in [6.07, 6.45) is 8.63. The van der Waals surface area contributed by atoms with Crippen molar-refractivity contribution in [3.8, 4) is 0 Å². The summed E-state index contributed by atoms with van der Waals surface area (Å²) in [7, 11) is 2.05. The van der Waals surface area contributed by atoms with Crippen LogP contribution in [0.2, 0.25) is 0 Å². The first-order chi connectivity index (χ1) is 4.86. The molecule has 0 aromatic heterocycles. The fourth-order valence-corrected chi connectivity index (χ4v) is 1.30. The minimum absolute atomic E-state index is 0. The van der Waals surface area contributed by atoms with Crippen LogP contribution in [0.15, 0.2) is 35.8 Å². The highest BCUT2D eigenvalue weighted by atomic mass is 127. The molecule has 0 saturated carbocycles. The maximum absolute atomic E-state index is 2.25. The Kier molecular flexibility index (Phi) is 2.72. The molecule has 0 saturated heterocycles. The van der Waals surface area contributed by atoms with Gasteiger partial charge in [0, 0.05) is 18.8 Å². The van der Waals surface area contributed by atoms with E-state index in [0.29, 0.717) is 0 Å². The van der Waals surface area contributed by atoms with E-state index in [0.717, 1.165) is 6.54 Å². The zero-order valence-electron chi connectivity index (χ0n) is 6.42. The lowest BCUT2D eigenvalue weighted by atomic mass is 10.2. The minimum Gasteiger partial charge on any atom is -1.00 e. The number of hydrogen-bond acceptors (Lipinski definition) is 1. The van der Waals surface area contributed by atoms with Crippen LogP contribution >= 0.6 is 0 Å². The van der Waals surface area contributed by atoms with Gasteiger partial charge in [0.05, 0.1) is 6.20 Å². The molecule has 2 N–H and O–H groups in total. The summed E-state index contributed by atoms with van der Waals surface area (Å²) in [5.41, 5.74) is 2.74. The molecule has 0 radical (unpaired) electrons. The van der Waals surface area contributed by atoms with E-state index < -0.39 is 0 Å². The standard InChI is InChI=1S/C8H10N2.HI/c1-10-5-3-7-2-4-9-8(7)6-10;/h2-3,5-6,9H,4H2,1H3;1H. The molecule has 2 aliphatic heterocycles. The van der Waals surface area contributed by atoms with Crippen LogP contribution < -0.4 is 29.3 Å². The molecule has 0 bridgehead atoms. The molecule has 2 rings (SSSR count). The Morgan fingerprint density at radius 3 is 3.18 bits per heavy atom. The van der Waals surface area contributed by atoms with Crippen LogP contribution in [0, 0.1) is 0 Å². The molecule has 0 fully saturated rings. The van der Waals surface area contributed by atoms with Crippen molar-refractivity contribution in [3.63, 3.8) is 0 Å². The summed E-state index contributed by atoms with van der Waals surface area (Å²) in [5, 5.41) is 2.25. The number of hydrogen-bond donors (Lipinski definition) is 1. The van der Waals surface area contributed by atoms with Gasteiger partial charge in [-0.25, -0.2) is 0 Å². The van der Waals surface area contributed by atoms with Crippen molar-refractivity contribution in [2.45, 2.75) is 0 Å². The van der Waals surface area contributed by atoms with Gasteiger partial charge < -0.3 is 34.2 Å². The first-order valence-corrected chi connectivity index (χ1v) is 3.52. The van der Waals surface area contributed by atoms with Gasteiger partial charge in [0.2, 0.25) is 0 Å². The number of nitrogens with two attached hydrogens (primary N) is 1. The summed E-state index contributed by atoms with van der Waals surface area (Å²) in [6.45, 7) is 1.10. The Morgan fingerprint density at radius 2 is 2.36 bits per heavy atom. The molecular weight excluding hydrogens is 251 g/mol. The normalized spacial score (nSPS) is 20.3. The molecular formula is C8H11IN2. The van der Waals surface area contributed by atoms with Gasteiger partial charge in [-0.05, 0) is 12.2 Å². The molecule has 0 aromatic rings. The molecule has 60 valence electrons. The monoisotopic (exact) mass is 262 g/mol. The van der Waals surface area contributed by atoms with Gasteiger partial charge in [-0.2, -0.15) is 0 Å². The van der Waals surface area contributed by atoms with Crippen LogP contribution in [0.1, 0.15) is 0 Å². The lowest BCUT2D eigenvalue weighted by molar-refractivity contribution is -0.587. The van der Waals surface area contributed by atoms with Gasteiger partial charge in [0.15, 0.2) is 5.70 Å². The molecule has 2 aliphatic rings. The summed E-state index contributed by atoms with van der Waals surface area (Å²) in [5.74, 6) is 0.